The minimum Gasteiger partial charge on any atom is -0.355 e. The fourth-order valence-electron chi connectivity index (χ4n) is 4.07. The Morgan fingerprint density at radius 1 is 1.00 bits per heavy atom. The fourth-order valence-corrected chi connectivity index (χ4v) is 4.07. The van der Waals surface area contributed by atoms with Crippen molar-refractivity contribution in [1.82, 2.24) is 24.5 Å². The molecule has 7 nitrogen and oxygen atoms in total. The summed E-state index contributed by atoms with van der Waals surface area (Å²) in [5.74, 6) is 2.13. The van der Waals surface area contributed by atoms with E-state index in [9.17, 15) is 4.79 Å². The monoisotopic (exact) mass is 388 g/mol. The molecule has 1 aliphatic carbocycles. The Morgan fingerprint density at radius 2 is 1.83 bits per heavy atom. The molecule has 0 unspecified atom stereocenters. The summed E-state index contributed by atoms with van der Waals surface area (Å²) in [7, 11) is 0. The topological polar surface area (TPSA) is 76.8 Å². The lowest BCUT2D eigenvalue weighted by atomic mass is 9.96. The molecule has 1 saturated carbocycles. The van der Waals surface area contributed by atoms with E-state index >= 15 is 0 Å². The molecule has 0 N–H and O–H groups in total. The maximum atomic E-state index is 12.6. The Balaban J connectivity index is 1.24. The highest BCUT2D eigenvalue weighted by Crippen LogP contribution is 2.42. The molecule has 4 heterocycles. The molecular weight excluding hydrogens is 364 g/mol. The molecule has 0 spiro atoms. The van der Waals surface area contributed by atoms with Crippen LogP contribution in [0.5, 0.6) is 0 Å². The summed E-state index contributed by atoms with van der Waals surface area (Å²) in [6.07, 6.45) is 13.2. The lowest BCUT2D eigenvalue weighted by Crippen LogP contribution is -2.37. The van der Waals surface area contributed by atoms with Crippen molar-refractivity contribution in [3.8, 4) is 11.3 Å². The van der Waals surface area contributed by atoms with Crippen LogP contribution in [0.4, 0.5) is 5.82 Å². The van der Waals surface area contributed by atoms with Gasteiger partial charge < -0.3 is 4.90 Å². The minimum atomic E-state index is -0.00812. The third kappa shape index (κ3) is 3.90. The molecular formula is C22H24N6O. The summed E-state index contributed by atoms with van der Waals surface area (Å²) in [6.45, 7) is 2.63. The van der Waals surface area contributed by atoms with Gasteiger partial charge in [0.2, 0.25) is 0 Å². The highest BCUT2D eigenvalue weighted by atomic mass is 16.1. The second-order valence-electron chi connectivity index (χ2n) is 7.98. The first-order valence-electron chi connectivity index (χ1n) is 10.3. The lowest BCUT2D eigenvalue weighted by molar-refractivity contribution is 0.350. The van der Waals surface area contributed by atoms with E-state index in [1.54, 1.807) is 41.7 Å². The van der Waals surface area contributed by atoms with Gasteiger partial charge in [-0.25, -0.2) is 9.97 Å². The van der Waals surface area contributed by atoms with E-state index in [1.165, 1.54) is 12.8 Å². The van der Waals surface area contributed by atoms with Gasteiger partial charge in [-0.15, -0.1) is 0 Å². The first-order valence-corrected chi connectivity index (χ1v) is 10.3. The molecule has 3 aromatic heterocycles. The van der Waals surface area contributed by atoms with Crippen molar-refractivity contribution < 1.29 is 0 Å². The largest absolute Gasteiger partial charge is 0.355 e. The molecule has 3 aromatic rings. The number of pyridine rings is 1. The van der Waals surface area contributed by atoms with Gasteiger partial charge in [-0.1, -0.05) is 0 Å². The molecule has 1 saturated heterocycles. The molecule has 148 valence electrons. The Labute approximate surface area is 169 Å². The van der Waals surface area contributed by atoms with Crippen molar-refractivity contribution in [2.24, 2.45) is 5.92 Å². The van der Waals surface area contributed by atoms with E-state index in [4.69, 9.17) is 0 Å². The standard InChI is InChI=1S/C22H24N6O/c29-20-12-19(18-2-1-7-23-13-18)26-15-28(20)14-16-5-10-27(11-6-16)22-21(17-3-4-17)24-8-9-25-22/h1-2,7-9,12-13,15-17H,3-6,10-11,14H2. The number of hydrogen-bond acceptors (Lipinski definition) is 6. The molecule has 29 heavy (non-hydrogen) atoms. The average Bonchev–Trinajstić information content (AvgIpc) is 3.62. The van der Waals surface area contributed by atoms with Crippen LogP contribution < -0.4 is 10.5 Å². The van der Waals surface area contributed by atoms with Crippen LogP contribution >= 0.6 is 0 Å². The highest BCUT2D eigenvalue weighted by Gasteiger charge is 2.31. The second kappa shape index (κ2) is 7.73. The lowest BCUT2D eigenvalue weighted by Gasteiger charge is -2.33. The van der Waals surface area contributed by atoms with E-state index in [1.807, 2.05) is 12.1 Å². The smallest absolute Gasteiger partial charge is 0.253 e. The maximum Gasteiger partial charge on any atom is 0.253 e. The third-order valence-corrected chi connectivity index (χ3v) is 5.88. The molecule has 2 aliphatic rings. The number of hydrogen-bond donors (Lipinski definition) is 0. The van der Waals surface area contributed by atoms with Gasteiger partial charge in [0.05, 0.1) is 17.7 Å². The number of piperidine rings is 1. The van der Waals surface area contributed by atoms with Crippen LogP contribution in [0.2, 0.25) is 0 Å². The number of nitrogens with zero attached hydrogens (tertiary/aromatic N) is 6. The summed E-state index contributed by atoms with van der Waals surface area (Å²) < 4.78 is 1.73. The predicted octanol–water partition coefficient (Wildman–Crippen LogP) is 2.89. The average molecular weight is 388 g/mol. The van der Waals surface area contributed by atoms with Crippen molar-refractivity contribution in [2.45, 2.75) is 38.1 Å². The van der Waals surface area contributed by atoms with Crippen LogP contribution in [0.25, 0.3) is 11.3 Å². The summed E-state index contributed by atoms with van der Waals surface area (Å²) in [6, 6.07) is 5.37. The first-order chi connectivity index (χ1) is 14.3. The summed E-state index contributed by atoms with van der Waals surface area (Å²) in [4.78, 5) is 32.7. The van der Waals surface area contributed by atoms with Crippen LogP contribution in [-0.2, 0) is 6.54 Å². The van der Waals surface area contributed by atoms with Crippen LogP contribution in [0.3, 0.4) is 0 Å². The molecule has 0 radical (unpaired) electrons. The van der Waals surface area contributed by atoms with Crippen molar-refractivity contribution in [3.05, 3.63) is 65.4 Å². The normalized spacial score (nSPS) is 17.4. The van der Waals surface area contributed by atoms with Gasteiger partial charge in [0, 0.05) is 62.0 Å². The minimum absolute atomic E-state index is 0.00812. The first kappa shape index (κ1) is 18.0. The Morgan fingerprint density at radius 3 is 2.55 bits per heavy atom. The van der Waals surface area contributed by atoms with Gasteiger partial charge in [0.1, 0.15) is 0 Å². The molecule has 0 aromatic carbocycles. The Hall–Kier alpha value is -3.09. The summed E-state index contributed by atoms with van der Waals surface area (Å²) in [5.41, 5.74) is 2.69. The molecule has 2 fully saturated rings. The van der Waals surface area contributed by atoms with E-state index < -0.39 is 0 Å². The fraction of sp³-hybridized carbons (Fsp3) is 0.409. The van der Waals surface area contributed by atoms with E-state index in [2.05, 4.69) is 24.8 Å². The number of aromatic nitrogens is 5. The van der Waals surface area contributed by atoms with Crippen molar-refractivity contribution in [2.75, 3.05) is 18.0 Å². The molecule has 0 amide bonds. The number of anilines is 1. The molecule has 7 heteroatoms. The molecule has 0 bridgehead atoms. The van der Waals surface area contributed by atoms with Crippen LogP contribution in [0.1, 0.15) is 37.3 Å². The van der Waals surface area contributed by atoms with Gasteiger partial charge in [-0.2, -0.15) is 0 Å². The molecule has 1 aliphatic heterocycles. The van der Waals surface area contributed by atoms with Crippen LogP contribution in [-0.4, -0.2) is 37.6 Å². The van der Waals surface area contributed by atoms with Crippen LogP contribution in [0, 0.1) is 5.92 Å². The van der Waals surface area contributed by atoms with Crippen molar-refractivity contribution in [1.29, 1.82) is 0 Å². The second-order valence-corrected chi connectivity index (χ2v) is 7.98. The van der Waals surface area contributed by atoms with Crippen LogP contribution in [0.15, 0.2) is 54.1 Å². The zero-order valence-electron chi connectivity index (χ0n) is 16.3. The van der Waals surface area contributed by atoms with Gasteiger partial charge in [0.15, 0.2) is 5.82 Å². The molecule has 5 rings (SSSR count). The van der Waals surface area contributed by atoms with E-state index in [0.717, 1.165) is 43.0 Å². The summed E-state index contributed by atoms with van der Waals surface area (Å²) in [5, 5.41) is 0. The van der Waals surface area contributed by atoms with Gasteiger partial charge in [0.25, 0.3) is 5.56 Å². The highest BCUT2D eigenvalue weighted by molar-refractivity contribution is 5.56. The summed E-state index contributed by atoms with van der Waals surface area (Å²) >= 11 is 0. The SMILES string of the molecule is O=c1cc(-c2cccnc2)ncn1CC1CCN(c2nccnc2C2CC2)CC1. The Kier molecular flexibility index (Phi) is 4.79. The zero-order chi connectivity index (χ0) is 19.6. The van der Waals surface area contributed by atoms with E-state index in [0.29, 0.717) is 24.1 Å². The van der Waals surface area contributed by atoms with Gasteiger partial charge in [-0.05, 0) is 43.7 Å². The third-order valence-electron chi connectivity index (χ3n) is 5.88. The van der Waals surface area contributed by atoms with Crippen molar-refractivity contribution >= 4 is 5.82 Å². The predicted molar refractivity (Wildman–Crippen MR) is 111 cm³/mol. The maximum absolute atomic E-state index is 12.6. The van der Waals surface area contributed by atoms with Gasteiger partial charge >= 0.3 is 0 Å². The Bertz CT molecular complexity index is 1040. The number of rotatable bonds is 5. The zero-order valence-corrected chi connectivity index (χ0v) is 16.3. The van der Waals surface area contributed by atoms with Crippen molar-refractivity contribution in [3.63, 3.8) is 0 Å². The van der Waals surface area contributed by atoms with E-state index in [-0.39, 0.29) is 5.56 Å². The molecule has 0 atom stereocenters. The quantitative estimate of drug-likeness (QED) is 0.669. The van der Waals surface area contributed by atoms with Gasteiger partial charge in [-0.3, -0.25) is 19.3 Å².